The molecule has 0 amide bonds. The van der Waals surface area contributed by atoms with E-state index in [9.17, 15) is 4.79 Å². The van der Waals surface area contributed by atoms with Crippen LogP contribution in [-0.2, 0) is 0 Å². The zero-order chi connectivity index (χ0) is 17.4. The van der Waals surface area contributed by atoms with Crippen molar-refractivity contribution in [2.75, 3.05) is 39.0 Å². The Labute approximate surface area is 155 Å². The minimum Gasteiger partial charge on any atom is -0.315 e. The summed E-state index contributed by atoms with van der Waals surface area (Å²) < 4.78 is 0. The van der Waals surface area contributed by atoms with Gasteiger partial charge in [0.05, 0.1) is 0 Å². The van der Waals surface area contributed by atoms with Crippen LogP contribution in [0.25, 0.3) is 0 Å². The van der Waals surface area contributed by atoms with Crippen LogP contribution in [0.3, 0.4) is 0 Å². The molecule has 24 heavy (non-hydrogen) atoms. The van der Waals surface area contributed by atoms with Crippen LogP contribution in [0.4, 0.5) is 0 Å². The van der Waals surface area contributed by atoms with Crippen LogP contribution in [0.15, 0.2) is 24.3 Å². The molecule has 1 aromatic carbocycles. The van der Waals surface area contributed by atoms with Crippen LogP contribution >= 0.6 is 23.4 Å². The Morgan fingerprint density at radius 2 is 1.96 bits per heavy atom. The molecule has 1 aromatic rings. The first-order valence-electron chi connectivity index (χ1n) is 8.85. The van der Waals surface area contributed by atoms with Gasteiger partial charge in [0.15, 0.2) is 5.78 Å². The van der Waals surface area contributed by atoms with E-state index in [1.54, 1.807) is 12.1 Å². The standard InChI is InChI=1S/C19H29ClN2OS/c1-15(24-2)7-10-21-11-14-22-12-8-17(9-13-22)19(23)16-3-5-18(20)6-4-16/h3-6,15,17,21H,7-14H2,1-2H3. The minimum atomic E-state index is 0.165. The number of carbonyl (C=O) groups is 1. The van der Waals surface area contributed by atoms with Crippen molar-refractivity contribution < 1.29 is 4.79 Å². The number of nitrogens with one attached hydrogen (secondary N) is 1. The number of hydrogen-bond acceptors (Lipinski definition) is 4. The average Bonchev–Trinajstić information content (AvgIpc) is 2.62. The molecule has 0 aromatic heterocycles. The quantitative estimate of drug-likeness (QED) is 0.528. The van der Waals surface area contributed by atoms with E-state index in [4.69, 9.17) is 11.6 Å². The largest absolute Gasteiger partial charge is 0.315 e. The maximum atomic E-state index is 12.5. The van der Waals surface area contributed by atoms with Gasteiger partial charge in [-0.25, -0.2) is 0 Å². The van der Waals surface area contributed by atoms with Gasteiger partial charge in [-0.15, -0.1) is 0 Å². The highest BCUT2D eigenvalue weighted by molar-refractivity contribution is 7.99. The summed E-state index contributed by atoms with van der Waals surface area (Å²) in [5, 5.41) is 4.94. The first-order chi connectivity index (χ1) is 11.6. The topological polar surface area (TPSA) is 32.3 Å². The lowest BCUT2D eigenvalue weighted by Crippen LogP contribution is -2.40. The summed E-state index contributed by atoms with van der Waals surface area (Å²) in [5.41, 5.74) is 0.794. The Kier molecular flexibility index (Phi) is 8.60. The Balaban J connectivity index is 1.64. The molecule has 1 aliphatic rings. The van der Waals surface area contributed by atoms with Gasteiger partial charge in [0, 0.05) is 34.8 Å². The van der Waals surface area contributed by atoms with Crippen molar-refractivity contribution in [3.8, 4) is 0 Å². The number of nitrogens with zero attached hydrogens (tertiary/aromatic N) is 1. The predicted octanol–water partition coefficient (Wildman–Crippen LogP) is 3.97. The number of rotatable bonds is 9. The maximum absolute atomic E-state index is 12.5. The van der Waals surface area contributed by atoms with Gasteiger partial charge in [0.2, 0.25) is 0 Å². The van der Waals surface area contributed by atoms with Crippen LogP contribution in [0.5, 0.6) is 0 Å². The molecular weight excluding hydrogens is 340 g/mol. The van der Waals surface area contributed by atoms with Crippen LogP contribution < -0.4 is 5.32 Å². The fraction of sp³-hybridized carbons (Fsp3) is 0.632. The van der Waals surface area contributed by atoms with Gasteiger partial charge in [-0.1, -0.05) is 18.5 Å². The molecule has 1 fully saturated rings. The van der Waals surface area contributed by atoms with Gasteiger partial charge in [0.25, 0.3) is 0 Å². The van der Waals surface area contributed by atoms with Gasteiger partial charge in [-0.05, 0) is 69.4 Å². The van der Waals surface area contributed by atoms with Crippen molar-refractivity contribution in [2.45, 2.75) is 31.4 Å². The molecule has 1 heterocycles. The summed E-state index contributed by atoms with van der Waals surface area (Å²) >= 11 is 7.82. The lowest BCUT2D eigenvalue weighted by molar-refractivity contribution is 0.0841. The molecule has 2 rings (SSSR count). The molecular formula is C19H29ClN2OS. The van der Waals surface area contributed by atoms with Crippen molar-refractivity contribution in [1.82, 2.24) is 10.2 Å². The van der Waals surface area contributed by atoms with Gasteiger partial charge < -0.3 is 10.2 Å². The summed E-state index contributed by atoms with van der Waals surface area (Å²) in [4.78, 5) is 15.0. The van der Waals surface area contributed by atoms with Crippen LogP contribution in [0, 0.1) is 5.92 Å². The van der Waals surface area contributed by atoms with Gasteiger partial charge in [-0.3, -0.25) is 4.79 Å². The zero-order valence-electron chi connectivity index (χ0n) is 14.8. The second kappa shape index (κ2) is 10.4. The zero-order valence-corrected chi connectivity index (χ0v) is 16.3. The van der Waals surface area contributed by atoms with E-state index in [1.165, 1.54) is 6.42 Å². The van der Waals surface area contributed by atoms with E-state index >= 15 is 0 Å². The molecule has 0 spiro atoms. The summed E-state index contributed by atoms with van der Waals surface area (Å²) in [6.07, 6.45) is 5.31. The maximum Gasteiger partial charge on any atom is 0.166 e. The Bertz CT molecular complexity index is 501. The number of likely N-dealkylation sites (tertiary alicyclic amines) is 1. The van der Waals surface area contributed by atoms with Crippen molar-refractivity contribution in [3.05, 3.63) is 34.9 Å². The molecule has 3 nitrogen and oxygen atoms in total. The average molecular weight is 369 g/mol. The number of ketones is 1. The highest BCUT2D eigenvalue weighted by atomic mass is 35.5. The second-order valence-corrected chi connectivity index (χ2v) is 8.28. The molecule has 5 heteroatoms. The summed E-state index contributed by atoms with van der Waals surface area (Å²) in [7, 11) is 0. The van der Waals surface area contributed by atoms with Gasteiger partial charge >= 0.3 is 0 Å². The Hall–Kier alpha value is -0.550. The smallest absolute Gasteiger partial charge is 0.166 e. The highest BCUT2D eigenvalue weighted by Gasteiger charge is 2.25. The number of benzene rings is 1. The number of hydrogen-bond donors (Lipinski definition) is 1. The Morgan fingerprint density at radius 1 is 1.29 bits per heavy atom. The van der Waals surface area contributed by atoms with Crippen molar-refractivity contribution >= 4 is 29.1 Å². The predicted molar refractivity (Wildman–Crippen MR) is 105 cm³/mol. The third-order valence-electron chi connectivity index (χ3n) is 4.82. The molecule has 0 saturated carbocycles. The molecule has 1 N–H and O–H groups in total. The first kappa shape index (κ1) is 19.8. The fourth-order valence-corrected chi connectivity index (χ4v) is 3.53. The molecule has 1 aliphatic heterocycles. The molecule has 134 valence electrons. The van der Waals surface area contributed by atoms with Gasteiger partial charge in [0.1, 0.15) is 0 Å². The summed E-state index contributed by atoms with van der Waals surface area (Å²) in [6, 6.07) is 7.29. The number of Topliss-reactive ketones (excluding diaryl/α,β-unsaturated/α-hetero) is 1. The van der Waals surface area contributed by atoms with E-state index < -0.39 is 0 Å². The SMILES string of the molecule is CSC(C)CCNCCN1CCC(C(=O)c2ccc(Cl)cc2)CC1. The molecule has 0 bridgehead atoms. The third kappa shape index (κ3) is 6.40. The van der Waals surface area contributed by atoms with E-state index in [0.717, 1.165) is 56.4 Å². The lowest BCUT2D eigenvalue weighted by atomic mass is 9.89. The van der Waals surface area contributed by atoms with E-state index in [-0.39, 0.29) is 11.7 Å². The Morgan fingerprint density at radius 3 is 2.58 bits per heavy atom. The number of halogens is 1. The van der Waals surface area contributed by atoms with Gasteiger partial charge in [-0.2, -0.15) is 11.8 Å². The monoisotopic (exact) mass is 368 g/mol. The van der Waals surface area contributed by atoms with E-state index in [2.05, 4.69) is 23.4 Å². The molecule has 0 radical (unpaired) electrons. The molecule has 1 unspecified atom stereocenters. The van der Waals surface area contributed by atoms with Crippen molar-refractivity contribution in [2.24, 2.45) is 5.92 Å². The normalized spacial score (nSPS) is 17.8. The van der Waals surface area contributed by atoms with Crippen molar-refractivity contribution in [1.29, 1.82) is 0 Å². The summed E-state index contributed by atoms with van der Waals surface area (Å²) in [5.74, 6) is 0.438. The first-order valence-corrected chi connectivity index (χ1v) is 10.5. The molecule has 0 aliphatic carbocycles. The van der Waals surface area contributed by atoms with E-state index in [1.807, 2.05) is 23.9 Å². The fourth-order valence-electron chi connectivity index (χ4n) is 3.05. The van der Waals surface area contributed by atoms with Crippen molar-refractivity contribution in [3.63, 3.8) is 0 Å². The summed E-state index contributed by atoms with van der Waals surface area (Å²) in [6.45, 7) is 7.52. The van der Waals surface area contributed by atoms with E-state index in [0.29, 0.717) is 5.02 Å². The second-order valence-electron chi connectivity index (χ2n) is 6.57. The number of piperidine rings is 1. The third-order valence-corrected chi connectivity index (χ3v) is 6.11. The van der Waals surface area contributed by atoms with Crippen LogP contribution in [0.1, 0.15) is 36.5 Å². The lowest BCUT2D eigenvalue weighted by Gasteiger charge is -2.31. The minimum absolute atomic E-state index is 0.165. The molecule has 1 saturated heterocycles. The van der Waals surface area contributed by atoms with Crippen LogP contribution in [-0.4, -0.2) is 54.9 Å². The van der Waals surface area contributed by atoms with Crippen LogP contribution in [0.2, 0.25) is 5.02 Å². The highest BCUT2D eigenvalue weighted by Crippen LogP contribution is 2.22. The number of thioether (sulfide) groups is 1. The number of carbonyl (C=O) groups excluding carboxylic acids is 1. The molecule has 1 atom stereocenters.